The van der Waals surface area contributed by atoms with Crippen molar-refractivity contribution in [3.8, 4) is 0 Å². The summed E-state index contributed by atoms with van der Waals surface area (Å²) in [5.41, 5.74) is 0.633. The van der Waals surface area contributed by atoms with Gasteiger partial charge >= 0.3 is 0 Å². The number of hydrogen-bond acceptors (Lipinski definition) is 3. The summed E-state index contributed by atoms with van der Waals surface area (Å²) in [6.45, 7) is 3.16. The Morgan fingerprint density at radius 1 is 0.964 bits per heavy atom. The number of piperidine rings is 1. The Morgan fingerprint density at radius 2 is 1.71 bits per heavy atom. The van der Waals surface area contributed by atoms with E-state index in [4.69, 9.17) is 0 Å². The van der Waals surface area contributed by atoms with Gasteiger partial charge in [-0.25, -0.2) is 0 Å². The summed E-state index contributed by atoms with van der Waals surface area (Å²) in [5, 5.41) is 8.68. The molecule has 2 aromatic carbocycles. The van der Waals surface area contributed by atoms with Crippen molar-refractivity contribution in [2.75, 3.05) is 26.2 Å². The maximum atomic E-state index is 12.4. The van der Waals surface area contributed by atoms with Crippen molar-refractivity contribution in [3.05, 3.63) is 48.0 Å². The molecular weight excluding hydrogens is 350 g/mol. The smallest absolute Gasteiger partial charge is 0.251 e. The van der Waals surface area contributed by atoms with Crippen LogP contribution in [0.4, 0.5) is 0 Å². The summed E-state index contributed by atoms with van der Waals surface area (Å²) >= 11 is 0. The minimum Gasteiger partial charge on any atom is -0.352 e. The molecule has 0 unspecified atom stereocenters. The molecule has 1 aliphatic heterocycles. The minimum atomic E-state index is -0.124. The van der Waals surface area contributed by atoms with Crippen molar-refractivity contribution in [1.29, 1.82) is 0 Å². The molecule has 2 aliphatic rings. The average Bonchev–Trinajstić information content (AvgIpc) is 3.56. The molecule has 0 radical (unpaired) electrons. The fourth-order valence-electron chi connectivity index (χ4n) is 3.86. The molecule has 5 nitrogen and oxygen atoms in total. The van der Waals surface area contributed by atoms with E-state index in [2.05, 4.69) is 10.6 Å². The van der Waals surface area contributed by atoms with Crippen molar-refractivity contribution < 1.29 is 9.59 Å². The van der Waals surface area contributed by atoms with E-state index in [1.165, 1.54) is 12.8 Å². The predicted octanol–water partition coefficient (Wildman–Crippen LogP) is 2.95. The second-order valence-electron chi connectivity index (χ2n) is 8.07. The summed E-state index contributed by atoms with van der Waals surface area (Å²) in [4.78, 5) is 26.7. The SMILES string of the molecule is O=C(NCCC(=O)N1CCC(NCC2CC2)CC1)c1ccc2ccccc2c1. The van der Waals surface area contributed by atoms with Crippen LogP contribution in [-0.4, -0.2) is 48.9 Å². The van der Waals surface area contributed by atoms with Gasteiger partial charge in [-0.1, -0.05) is 30.3 Å². The number of carbonyl (C=O) groups is 2. The van der Waals surface area contributed by atoms with Gasteiger partial charge in [-0.05, 0) is 61.1 Å². The van der Waals surface area contributed by atoms with E-state index in [1.54, 1.807) is 0 Å². The first-order chi connectivity index (χ1) is 13.7. The third-order valence-electron chi connectivity index (χ3n) is 5.88. The van der Waals surface area contributed by atoms with Crippen molar-refractivity contribution >= 4 is 22.6 Å². The number of rotatable bonds is 7. The topological polar surface area (TPSA) is 61.4 Å². The second kappa shape index (κ2) is 8.74. The van der Waals surface area contributed by atoms with Crippen molar-refractivity contribution in [2.24, 2.45) is 5.92 Å². The minimum absolute atomic E-state index is 0.124. The maximum absolute atomic E-state index is 12.4. The molecule has 5 heteroatoms. The Balaban J connectivity index is 1.18. The first-order valence-electron chi connectivity index (χ1n) is 10.5. The standard InChI is InChI=1S/C23H29N3O2/c27-22(26-13-10-21(11-14-26)25-16-17-5-6-17)9-12-24-23(28)20-8-7-18-3-1-2-4-19(18)15-20/h1-4,7-8,15,17,21,25H,5-6,9-14,16H2,(H,24,28). The van der Waals surface area contributed by atoms with Crippen molar-refractivity contribution in [1.82, 2.24) is 15.5 Å². The molecule has 148 valence electrons. The number of nitrogens with one attached hydrogen (secondary N) is 2. The molecule has 2 aromatic rings. The Morgan fingerprint density at radius 3 is 2.46 bits per heavy atom. The Bertz CT molecular complexity index is 839. The molecule has 2 fully saturated rings. The molecule has 2 N–H and O–H groups in total. The van der Waals surface area contributed by atoms with Gasteiger partial charge in [0.15, 0.2) is 0 Å². The molecule has 1 aliphatic carbocycles. The van der Waals surface area contributed by atoms with Gasteiger partial charge in [-0.15, -0.1) is 0 Å². The van der Waals surface area contributed by atoms with Crippen molar-refractivity contribution in [2.45, 2.75) is 38.1 Å². The monoisotopic (exact) mass is 379 g/mol. The number of amides is 2. The molecule has 1 heterocycles. The molecule has 1 saturated heterocycles. The molecule has 0 spiro atoms. The van der Waals surface area contributed by atoms with Crippen LogP contribution in [0.1, 0.15) is 42.5 Å². The lowest BCUT2D eigenvalue weighted by Gasteiger charge is -2.32. The van der Waals surface area contributed by atoms with E-state index in [0.717, 1.165) is 49.2 Å². The lowest BCUT2D eigenvalue weighted by molar-refractivity contribution is -0.132. The van der Waals surface area contributed by atoms with E-state index < -0.39 is 0 Å². The zero-order valence-corrected chi connectivity index (χ0v) is 16.3. The lowest BCUT2D eigenvalue weighted by atomic mass is 10.0. The molecule has 2 amide bonds. The predicted molar refractivity (Wildman–Crippen MR) is 111 cm³/mol. The van der Waals surface area contributed by atoms with E-state index >= 15 is 0 Å². The van der Waals surface area contributed by atoms with Crippen LogP contribution in [-0.2, 0) is 4.79 Å². The van der Waals surface area contributed by atoms with Crippen LogP contribution >= 0.6 is 0 Å². The van der Waals surface area contributed by atoms with Crippen LogP contribution in [0.3, 0.4) is 0 Å². The van der Waals surface area contributed by atoms with Crippen molar-refractivity contribution in [3.63, 3.8) is 0 Å². The average molecular weight is 380 g/mol. The highest BCUT2D eigenvalue weighted by Gasteiger charge is 2.25. The summed E-state index contributed by atoms with van der Waals surface area (Å²) in [6.07, 6.45) is 5.16. The third-order valence-corrected chi connectivity index (χ3v) is 5.88. The third kappa shape index (κ3) is 4.90. The van der Waals surface area contributed by atoms with E-state index in [1.807, 2.05) is 47.4 Å². The maximum Gasteiger partial charge on any atom is 0.251 e. The van der Waals surface area contributed by atoms with Gasteiger partial charge in [0.1, 0.15) is 0 Å². The Hall–Kier alpha value is -2.40. The number of fused-ring (bicyclic) bond motifs is 1. The lowest BCUT2D eigenvalue weighted by Crippen LogP contribution is -2.46. The quantitative estimate of drug-likeness (QED) is 0.778. The highest BCUT2D eigenvalue weighted by atomic mass is 16.2. The van der Waals surface area contributed by atoms with Gasteiger partial charge in [0.05, 0.1) is 0 Å². The van der Waals surface area contributed by atoms with E-state index in [9.17, 15) is 9.59 Å². The van der Waals surface area contributed by atoms with Crippen LogP contribution in [0.25, 0.3) is 10.8 Å². The number of nitrogens with zero attached hydrogens (tertiary/aromatic N) is 1. The number of likely N-dealkylation sites (tertiary alicyclic amines) is 1. The summed E-state index contributed by atoms with van der Waals surface area (Å²) in [6, 6.07) is 14.2. The normalized spacial score (nSPS) is 17.6. The van der Waals surface area contributed by atoms with Gasteiger partial charge < -0.3 is 15.5 Å². The first-order valence-corrected chi connectivity index (χ1v) is 10.5. The van der Waals surface area contributed by atoms with Crippen LogP contribution in [0.2, 0.25) is 0 Å². The highest BCUT2D eigenvalue weighted by Crippen LogP contribution is 2.28. The fraction of sp³-hybridized carbons (Fsp3) is 0.478. The van der Waals surface area contributed by atoms with Crippen LogP contribution < -0.4 is 10.6 Å². The van der Waals surface area contributed by atoms with Gasteiger partial charge in [-0.2, -0.15) is 0 Å². The fourth-order valence-corrected chi connectivity index (χ4v) is 3.86. The molecule has 28 heavy (non-hydrogen) atoms. The number of benzene rings is 2. The van der Waals surface area contributed by atoms with Crippen LogP contribution in [0.15, 0.2) is 42.5 Å². The molecular formula is C23H29N3O2. The zero-order chi connectivity index (χ0) is 19.3. The summed E-state index contributed by atoms with van der Waals surface area (Å²) in [7, 11) is 0. The Kier molecular flexibility index (Phi) is 5.91. The highest BCUT2D eigenvalue weighted by molar-refractivity contribution is 5.98. The zero-order valence-electron chi connectivity index (χ0n) is 16.3. The van der Waals surface area contributed by atoms with Gasteiger partial charge in [-0.3, -0.25) is 9.59 Å². The molecule has 4 rings (SSSR count). The number of carbonyl (C=O) groups excluding carboxylic acids is 2. The second-order valence-corrected chi connectivity index (χ2v) is 8.07. The summed E-state index contributed by atoms with van der Waals surface area (Å²) in [5.74, 6) is 0.909. The van der Waals surface area contributed by atoms with Crippen LogP contribution in [0, 0.1) is 5.92 Å². The molecule has 0 aromatic heterocycles. The largest absolute Gasteiger partial charge is 0.352 e. The molecule has 0 atom stereocenters. The van der Waals surface area contributed by atoms with Crippen LogP contribution in [0.5, 0.6) is 0 Å². The van der Waals surface area contributed by atoms with Gasteiger partial charge in [0.2, 0.25) is 5.91 Å². The number of hydrogen-bond donors (Lipinski definition) is 2. The molecule has 1 saturated carbocycles. The van der Waals surface area contributed by atoms with Gasteiger partial charge in [0, 0.05) is 37.7 Å². The van der Waals surface area contributed by atoms with E-state index in [0.29, 0.717) is 24.6 Å². The first kappa shape index (κ1) is 18.9. The van der Waals surface area contributed by atoms with E-state index in [-0.39, 0.29) is 11.8 Å². The molecule has 0 bridgehead atoms. The Labute approximate surface area is 166 Å². The summed E-state index contributed by atoms with van der Waals surface area (Å²) < 4.78 is 0. The van der Waals surface area contributed by atoms with Gasteiger partial charge in [0.25, 0.3) is 5.91 Å².